The predicted octanol–water partition coefficient (Wildman–Crippen LogP) is 4.76. The first-order valence-electron chi connectivity index (χ1n) is 10.2. The molecule has 0 aliphatic carbocycles. The summed E-state index contributed by atoms with van der Waals surface area (Å²) in [5.41, 5.74) is 3.30. The fourth-order valence-electron chi connectivity index (χ4n) is 4.00. The molecule has 1 aliphatic rings. The minimum Gasteiger partial charge on any atom is -0.329 e. The number of aromatic nitrogens is 1. The fraction of sp³-hybridized carbons (Fsp3) is 0.333. The van der Waals surface area contributed by atoms with Gasteiger partial charge in [0.25, 0.3) is 5.91 Å². The van der Waals surface area contributed by atoms with Crippen LogP contribution in [0, 0.1) is 6.92 Å². The van der Waals surface area contributed by atoms with E-state index in [2.05, 4.69) is 40.2 Å². The number of thiophene rings is 1. The number of aryl methyl sites for hydroxylation is 1. The lowest BCUT2D eigenvalue weighted by Gasteiger charge is -2.38. The smallest absolute Gasteiger partial charge is 0.264 e. The van der Waals surface area contributed by atoms with Crippen LogP contribution in [-0.2, 0) is 13.1 Å². The van der Waals surface area contributed by atoms with E-state index in [0.29, 0.717) is 6.54 Å². The third-order valence-electron chi connectivity index (χ3n) is 5.52. The molecule has 0 saturated carbocycles. The molecular formula is C24H27N3OS. The van der Waals surface area contributed by atoms with Gasteiger partial charge in [0.2, 0.25) is 0 Å². The zero-order valence-electron chi connectivity index (χ0n) is 16.8. The molecule has 0 radical (unpaired) electrons. The lowest BCUT2D eigenvalue weighted by atomic mass is 10.0. The summed E-state index contributed by atoms with van der Waals surface area (Å²) < 4.78 is 0. The highest BCUT2D eigenvalue weighted by molar-refractivity contribution is 7.12. The normalized spacial score (nSPS) is 15.3. The maximum Gasteiger partial charge on any atom is 0.264 e. The monoisotopic (exact) mass is 405 g/mol. The largest absolute Gasteiger partial charge is 0.329 e. The topological polar surface area (TPSA) is 36.4 Å². The molecule has 4 rings (SSSR count). The van der Waals surface area contributed by atoms with Crippen LogP contribution < -0.4 is 0 Å². The number of likely N-dealkylation sites (tertiary alicyclic amines) is 1. The van der Waals surface area contributed by atoms with Gasteiger partial charge in [0.1, 0.15) is 0 Å². The van der Waals surface area contributed by atoms with Gasteiger partial charge in [-0.2, -0.15) is 0 Å². The van der Waals surface area contributed by atoms with Crippen molar-refractivity contribution in [3.05, 3.63) is 87.9 Å². The summed E-state index contributed by atoms with van der Waals surface area (Å²) in [7, 11) is 0. The van der Waals surface area contributed by atoms with Gasteiger partial charge in [0.15, 0.2) is 0 Å². The average molecular weight is 406 g/mol. The van der Waals surface area contributed by atoms with E-state index in [0.717, 1.165) is 48.7 Å². The number of carbonyl (C=O) groups excluding carboxylic acids is 1. The van der Waals surface area contributed by atoms with Gasteiger partial charge >= 0.3 is 0 Å². The summed E-state index contributed by atoms with van der Waals surface area (Å²) in [5, 5.41) is 1.97. The Bertz CT molecular complexity index is 918. The number of nitrogens with zero attached hydrogens (tertiary/aromatic N) is 3. The Kier molecular flexibility index (Phi) is 6.37. The van der Waals surface area contributed by atoms with Crippen LogP contribution in [0.1, 0.15) is 39.5 Å². The number of carbonyl (C=O) groups is 1. The van der Waals surface area contributed by atoms with E-state index in [1.54, 1.807) is 0 Å². The molecule has 0 atom stereocenters. The van der Waals surface area contributed by atoms with Crippen molar-refractivity contribution in [2.24, 2.45) is 0 Å². The maximum absolute atomic E-state index is 13.3. The summed E-state index contributed by atoms with van der Waals surface area (Å²) in [6.45, 7) is 5.56. The number of piperidine rings is 1. The highest BCUT2D eigenvalue weighted by Crippen LogP contribution is 2.24. The Morgan fingerprint density at radius 3 is 2.55 bits per heavy atom. The number of amides is 1. The third kappa shape index (κ3) is 5.11. The minimum absolute atomic E-state index is 0.129. The number of pyridine rings is 1. The van der Waals surface area contributed by atoms with Crippen LogP contribution in [0.3, 0.4) is 0 Å². The van der Waals surface area contributed by atoms with Gasteiger partial charge in [-0.05, 0) is 48.9 Å². The molecule has 1 aromatic carbocycles. The van der Waals surface area contributed by atoms with E-state index < -0.39 is 0 Å². The van der Waals surface area contributed by atoms with Crippen molar-refractivity contribution >= 4 is 17.2 Å². The van der Waals surface area contributed by atoms with E-state index in [1.807, 2.05) is 47.5 Å². The molecule has 29 heavy (non-hydrogen) atoms. The van der Waals surface area contributed by atoms with Crippen LogP contribution >= 0.6 is 11.3 Å². The van der Waals surface area contributed by atoms with Crippen molar-refractivity contribution in [1.29, 1.82) is 0 Å². The lowest BCUT2D eigenvalue weighted by Crippen LogP contribution is -2.46. The molecule has 3 heterocycles. The minimum atomic E-state index is 0.129. The average Bonchev–Trinajstić information content (AvgIpc) is 3.28. The third-order valence-corrected chi connectivity index (χ3v) is 6.38. The van der Waals surface area contributed by atoms with Crippen molar-refractivity contribution < 1.29 is 4.79 Å². The van der Waals surface area contributed by atoms with Crippen LogP contribution in [0.2, 0.25) is 0 Å². The van der Waals surface area contributed by atoms with Crippen LogP contribution in [0.5, 0.6) is 0 Å². The van der Waals surface area contributed by atoms with Crippen molar-refractivity contribution in [3.8, 4) is 0 Å². The second kappa shape index (κ2) is 9.33. The summed E-state index contributed by atoms with van der Waals surface area (Å²) >= 11 is 1.52. The van der Waals surface area contributed by atoms with E-state index in [1.165, 1.54) is 16.9 Å². The van der Waals surface area contributed by atoms with Crippen molar-refractivity contribution in [2.75, 3.05) is 13.1 Å². The summed E-state index contributed by atoms with van der Waals surface area (Å²) in [6.07, 6.45) is 1.99. The quantitative estimate of drug-likeness (QED) is 0.593. The number of benzene rings is 1. The zero-order chi connectivity index (χ0) is 20.1. The van der Waals surface area contributed by atoms with Gasteiger partial charge in [-0.15, -0.1) is 11.3 Å². The second-order valence-electron chi connectivity index (χ2n) is 7.67. The van der Waals surface area contributed by atoms with Crippen LogP contribution in [0.25, 0.3) is 0 Å². The summed E-state index contributed by atoms with van der Waals surface area (Å²) in [6, 6.07) is 20.8. The predicted molar refractivity (Wildman–Crippen MR) is 118 cm³/mol. The molecule has 150 valence electrons. The van der Waals surface area contributed by atoms with Crippen molar-refractivity contribution in [2.45, 2.75) is 38.9 Å². The molecule has 1 aliphatic heterocycles. The molecule has 5 heteroatoms. The van der Waals surface area contributed by atoms with E-state index in [4.69, 9.17) is 0 Å². The molecule has 2 aromatic heterocycles. The Morgan fingerprint density at radius 1 is 1.07 bits per heavy atom. The molecule has 0 bridgehead atoms. The Morgan fingerprint density at radius 2 is 1.86 bits per heavy atom. The van der Waals surface area contributed by atoms with Crippen molar-refractivity contribution in [3.63, 3.8) is 0 Å². The van der Waals surface area contributed by atoms with Crippen molar-refractivity contribution in [1.82, 2.24) is 14.8 Å². The van der Waals surface area contributed by atoms with Gasteiger partial charge < -0.3 is 4.90 Å². The molecule has 3 aromatic rings. The molecule has 0 spiro atoms. The SMILES string of the molecule is Cc1cccc(CN(C(=O)c2cccs2)C2CCN(Cc3ccccc3)CC2)n1. The summed E-state index contributed by atoms with van der Waals surface area (Å²) in [4.78, 5) is 23.3. The molecule has 1 amide bonds. The Labute approximate surface area is 176 Å². The molecule has 4 nitrogen and oxygen atoms in total. The molecule has 0 unspecified atom stereocenters. The van der Waals surface area contributed by atoms with Crippen LogP contribution in [0.4, 0.5) is 0 Å². The molecule has 1 saturated heterocycles. The van der Waals surface area contributed by atoms with Gasteiger partial charge in [0.05, 0.1) is 17.1 Å². The Balaban J connectivity index is 1.46. The lowest BCUT2D eigenvalue weighted by molar-refractivity contribution is 0.0544. The molecular weight excluding hydrogens is 378 g/mol. The number of hydrogen-bond acceptors (Lipinski definition) is 4. The standard InChI is InChI=1S/C24H27N3OS/c1-19-7-5-10-21(25-19)18-27(24(28)23-11-6-16-29-23)22-12-14-26(15-13-22)17-20-8-3-2-4-9-20/h2-11,16,22H,12-15,17-18H2,1H3. The molecule has 1 fully saturated rings. The number of hydrogen-bond donors (Lipinski definition) is 0. The first-order chi connectivity index (χ1) is 14.2. The highest BCUT2D eigenvalue weighted by atomic mass is 32.1. The van der Waals surface area contributed by atoms with Gasteiger partial charge in [-0.25, -0.2) is 0 Å². The Hall–Kier alpha value is -2.50. The second-order valence-corrected chi connectivity index (χ2v) is 8.62. The summed E-state index contributed by atoms with van der Waals surface area (Å²) in [5.74, 6) is 0.129. The highest BCUT2D eigenvalue weighted by Gasteiger charge is 2.29. The maximum atomic E-state index is 13.3. The van der Waals surface area contributed by atoms with Crippen LogP contribution in [-0.4, -0.2) is 39.8 Å². The van der Waals surface area contributed by atoms with Gasteiger partial charge in [-0.3, -0.25) is 14.7 Å². The van der Waals surface area contributed by atoms with Gasteiger partial charge in [0, 0.05) is 31.4 Å². The molecule has 0 N–H and O–H groups in total. The van der Waals surface area contributed by atoms with E-state index in [-0.39, 0.29) is 11.9 Å². The number of rotatable bonds is 6. The van der Waals surface area contributed by atoms with E-state index >= 15 is 0 Å². The van der Waals surface area contributed by atoms with Gasteiger partial charge in [-0.1, -0.05) is 42.5 Å². The van der Waals surface area contributed by atoms with Crippen LogP contribution in [0.15, 0.2) is 66.0 Å². The first kappa shape index (κ1) is 19.8. The zero-order valence-corrected chi connectivity index (χ0v) is 17.6. The van der Waals surface area contributed by atoms with E-state index in [9.17, 15) is 4.79 Å². The first-order valence-corrected chi connectivity index (χ1v) is 11.1. The fourth-order valence-corrected chi connectivity index (χ4v) is 4.68.